The summed E-state index contributed by atoms with van der Waals surface area (Å²) < 4.78 is 0. The molecule has 2 N–H and O–H groups in total. The molecule has 0 aliphatic carbocycles. The second-order valence-electron chi connectivity index (χ2n) is 5.18. The normalized spacial score (nSPS) is 11.3. The number of amidine groups is 1. The fourth-order valence-corrected chi connectivity index (χ4v) is 3.11. The number of nitrogens with two attached hydrogens (primary N) is 1. The molecule has 124 valence electrons. The zero-order valence-corrected chi connectivity index (χ0v) is 14.0. The average Bonchev–Trinajstić information content (AvgIpc) is 2.64. The lowest BCUT2D eigenvalue weighted by Crippen LogP contribution is -2.12. The van der Waals surface area contributed by atoms with Gasteiger partial charge in [-0.2, -0.15) is 0 Å². The second-order valence-corrected chi connectivity index (χ2v) is 6.30. The SMILES string of the molecule is NC(=Nc1ccccc1Sc1ccccc1)c1ccc([N+](=O)[O-])cc1. The molecule has 0 spiro atoms. The van der Waals surface area contributed by atoms with Crippen LogP contribution in [-0.2, 0) is 0 Å². The van der Waals surface area contributed by atoms with Crippen LogP contribution in [0.3, 0.4) is 0 Å². The maximum absolute atomic E-state index is 10.7. The zero-order valence-electron chi connectivity index (χ0n) is 13.2. The zero-order chi connectivity index (χ0) is 17.6. The van der Waals surface area contributed by atoms with Crippen LogP contribution in [0.4, 0.5) is 11.4 Å². The van der Waals surface area contributed by atoms with Gasteiger partial charge >= 0.3 is 0 Å². The summed E-state index contributed by atoms with van der Waals surface area (Å²) in [5.41, 5.74) is 7.51. The third kappa shape index (κ3) is 4.24. The summed E-state index contributed by atoms with van der Waals surface area (Å²) in [6, 6.07) is 23.8. The topological polar surface area (TPSA) is 81.5 Å². The van der Waals surface area contributed by atoms with Crippen molar-refractivity contribution >= 4 is 29.0 Å². The third-order valence-corrected chi connectivity index (χ3v) is 4.52. The van der Waals surface area contributed by atoms with Gasteiger partial charge < -0.3 is 5.73 Å². The molecule has 0 saturated carbocycles. The molecule has 0 unspecified atom stereocenters. The van der Waals surface area contributed by atoms with Gasteiger partial charge in [-0.3, -0.25) is 10.1 Å². The van der Waals surface area contributed by atoms with Gasteiger partial charge in [0.25, 0.3) is 5.69 Å². The van der Waals surface area contributed by atoms with Gasteiger partial charge in [-0.15, -0.1) is 0 Å². The number of hydrogen-bond donors (Lipinski definition) is 1. The highest BCUT2D eigenvalue weighted by molar-refractivity contribution is 7.99. The van der Waals surface area contributed by atoms with Crippen molar-refractivity contribution < 1.29 is 4.92 Å². The van der Waals surface area contributed by atoms with Gasteiger partial charge in [0.15, 0.2) is 0 Å². The van der Waals surface area contributed by atoms with Crippen LogP contribution in [0.1, 0.15) is 5.56 Å². The molecule has 0 fully saturated rings. The van der Waals surface area contributed by atoms with Crippen molar-refractivity contribution in [3.05, 3.63) is 94.5 Å². The first-order chi connectivity index (χ1) is 12.1. The molecule has 0 aliphatic heterocycles. The molecule has 25 heavy (non-hydrogen) atoms. The van der Waals surface area contributed by atoms with E-state index < -0.39 is 4.92 Å². The quantitative estimate of drug-likeness (QED) is 0.311. The average molecular weight is 349 g/mol. The number of aliphatic imine (C=N–C) groups is 1. The number of benzene rings is 3. The lowest BCUT2D eigenvalue weighted by atomic mass is 10.2. The summed E-state index contributed by atoms with van der Waals surface area (Å²) in [6.45, 7) is 0. The Hall–Kier alpha value is -3.12. The Labute approximate surface area is 149 Å². The van der Waals surface area contributed by atoms with Crippen molar-refractivity contribution in [3.63, 3.8) is 0 Å². The van der Waals surface area contributed by atoms with Crippen LogP contribution in [0.5, 0.6) is 0 Å². The maximum Gasteiger partial charge on any atom is 0.269 e. The van der Waals surface area contributed by atoms with E-state index in [9.17, 15) is 10.1 Å². The minimum atomic E-state index is -0.442. The van der Waals surface area contributed by atoms with Crippen molar-refractivity contribution in [1.29, 1.82) is 0 Å². The van der Waals surface area contributed by atoms with Gasteiger partial charge in [-0.1, -0.05) is 42.1 Å². The van der Waals surface area contributed by atoms with Crippen LogP contribution < -0.4 is 5.73 Å². The molecule has 5 nitrogen and oxygen atoms in total. The summed E-state index contributed by atoms with van der Waals surface area (Å²) in [5, 5.41) is 10.7. The molecule has 3 aromatic rings. The molecule has 3 aromatic carbocycles. The Balaban J connectivity index is 1.88. The van der Waals surface area contributed by atoms with E-state index in [4.69, 9.17) is 5.73 Å². The molecule has 0 aromatic heterocycles. The van der Waals surface area contributed by atoms with Crippen molar-refractivity contribution in [3.8, 4) is 0 Å². The van der Waals surface area contributed by atoms with E-state index in [0.29, 0.717) is 11.4 Å². The third-order valence-electron chi connectivity index (χ3n) is 3.45. The lowest BCUT2D eigenvalue weighted by molar-refractivity contribution is -0.384. The Kier molecular flexibility index (Phi) is 5.11. The van der Waals surface area contributed by atoms with Crippen LogP contribution in [0.25, 0.3) is 0 Å². The summed E-state index contributed by atoms with van der Waals surface area (Å²) in [4.78, 5) is 16.9. The van der Waals surface area contributed by atoms with Crippen LogP contribution >= 0.6 is 11.8 Å². The molecule has 0 amide bonds. The molecule has 0 saturated heterocycles. The summed E-state index contributed by atoms with van der Waals surface area (Å²) in [5.74, 6) is 0.316. The summed E-state index contributed by atoms with van der Waals surface area (Å²) in [7, 11) is 0. The number of hydrogen-bond acceptors (Lipinski definition) is 4. The number of nitro groups is 1. The first kappa shape index (κ1) is 16.7. The van der Waals surface area contributed by atoms with Gasteiger partial charge in [0.05, 0.1) is 10.6 Å². The van der Waals surface area contributed by atoms with E-state index in [1.807, 2.05) is 54.6 Å². The predicted molar refractivity (Wildman–Crippen MR) is 100 cm³/mol. The van der Waals surface area contributed by atoms with Gasteiger partial charge in [0.1, 0.15) is 5.84 Å². The number of non-ortho nitro benzene ring substituents is 1. The molecule has 0 atom stereocenters. The molecule has 6 heteroatoms. The molecule has 0 bridgehead atoms. The number of rotatable bonds is 5. The molecule has 0 heterocycles. The van der Waals surface area contributed by atoms with Crippen LogP contribution in [-0.4, -0.2) is 10.8 Å². The van der Waals surface area contributed by atoms with E-state index in [2.05, 4.69) is 4.99 Å². The monoisotopic (exact) mass is 349 g/mol. The van der Waals surface area contributed by atoms with Crippen molar-refractivity contribution in [2.75, 3.05) is 0 Å². The van der Waals surface area contributed by atoms with Crippen LogP contribution in [0.15, 0.2) is 93.6 Å². The maximum atomic E-state index is 10.7. The summed E-state index contributed by atoms with van der Waals surface area (Å²) >= 11 is 1.61. The number of nitro benzene ring substituents is 1. The fraction of sp³-hybridized carbons (Fsp3) is 0. The van der Waals surface area contributed by atoms with Gasteiger partial charge in [-0.25, -0.2) is 4.99 Å². The molecular weight excluding hydrogens is 334 g/mol. The molecular formula is C19H15N3O2S. The van der Waals surface area contributed by atoms with Crippen molar-refractivity contribution in [1.82, 2.24) is 0 Å². The standard InChI is InChI=1S/C19H15N3O2S/c20-19(14-10-12-15(13-11-14)22(23)24)21-17-8-4-5-9-18(17)25-16-6-2-1-3-7-16/h1-13H,(H2,20,21). The molecule has 0 aliphatic rings. The molecule has 0 radical (unpaired) electrons. The minimum Gasteiger partial charge on any atom is -0.383 e. The lowest BCUT2D eigenvalue weighted by Gasteiger charge is -2.07. The van der Waals surface area contributed by atoms with Crippen molar-refractivity contribution in [2.45, 2.75) is 9.79 Å². The van der Waals surface area contributed by atoms with E-state index >= 15 is 0 Å². The van der Waals surface area contributed by atoms with Gasteiger partial charge in [0.2, 0.25) is 0 Å². The van der Waals surface area contributed by atoms with Gasteiger partial charge in [-0.05, 0) is 36.4 Å². The number of para-hydroxylation sites is 1. The van der Waals surface area contributed by atoms with E-state index in [1.165, 1.54) is 12.1 Å². The Bertz CT molecular complexity index is 909. The molecule has 3 rings (SSSR count). The Morgan fingerprint density at radius 3 is 2.24 bits per heavy atom. The van der Waals surface area contributed by atoms with E-state index in [0.717, 1.165) is 15.5 Å². The Morgan fingerprint density at radius 2 is 1.56 bits per heavy atom. The highest BCUT2D eigenvalue weighted by Gasteiger charge is 2.08. The Morgan fingerprint density at radius 1 is 0.920 bits per heavy atom. The van der Waals surface area contributed by atoms with E-state index in [1.54, 1.807) is 23.9 Å². The smallest absolute Gasteiger partial charge is 0.269 e. The van der Waals surface area contributed by atoms with Crippen LogP contribution in [0.2, 0.25) is 0 Å². The minimum absolute atomic E-state index is 0.0246. The second kappa shape index (κ2) is 7.63. The number of nitrogens with zero attached hydrogens (tertiary/aromatic N) is 2. The summed E-state index contributed by atoms with van der Waals surface area (Å²) in [6.07, 6.45) is 0. The van der Waals surface area contributed by atoms with Crippen LogP contribution in [0, 0.1) is 10.1 Å². The highest BCUT2D eigenvalue weighted by Crippen LogP contribution is 2.34. The van der Waals surface area contributed by atoms with E-state index in [-0.39, 0.29) is 5.69 Å². The highest BCUT2D eigenvalue weighted by atomic mass is 32.2. The first-order valence-corrected chi connectivity index (χ1v) is 8.36. The van der Waals surface area contributed by atoms with Gasteiger partial charge in [0, 0.05) is 27.5 Å². The first-order valence-electron chi connectivity index (χ1n) is 7.54. The largest absolute Gasteiger partial charge is 0.383 e. The fourth-order valence-electron chi connectivity index (χ4n) is 2.20. The van der Waals surface area contributed by atoms with Crippen molar-refractivity contribution in [2.24, 2.45) is 10.7 Å². The predicted octanol–water partition coefficient (Wildman–Crippen LogP) is 4.78.